The molecule has 1 saturated heterocycles. The van der Waals surface area contributed by atoms with Crippen LogP contribution in [-0.4, -0.2) is 43.7 Å². The molecule has 0 radical (unpaired) electrons. The van der Waals surface area contributed by atoms with E-state index < -0.39 is 18.6 Å². The molecule has 1 heterocycles. The molecule has 1 aliphatic rings. The highest BCUT2D eigenvalue weighted by Gasteiger charge is 2.31. The van der Waals surface area contributed by atoms with E-state index in [4.69, 9.17) is 0 Å². The van der Waals surface area contributed by atoms with Crippen LogP contribution in [0.15, 0.2) is 0 Å². The van der Waals surface area contributed by atoms with Gasteiger partial charge in [-0.25, -0.2) is 0 Å². The third-order valence-corrected chi connectivity index (χ3v) is 3.01. The standard InChI is InChI=1S/C11H19F3N2O/c1-16(8-11(12,13)14)10(17)5-4-9-3-2-6-15-7-9/h9,15H,2-8H2,1H3. The SMILES string of the molecule is CN(CC(F)(F)F)C(=O)CCC1CCCNC1. The van der Waals surface area contributed by atoms with Crippen LogP contribution < -0.4 is 5.32 Å². The van der Waals surface area contributed by atoms with Crippen molar-refractivity contribution in [2.24, 2.45) is 5.92 Å². The number of carbonyl (C=O) groups is 1. The summed E-state index contributed by atoms with van der Waals surface area (Å²) in [5.41, 5.74) is 0. The minimum atomic E-state index is -4.31. The second kappa shape index (κ2) is 6.23. The normalized spacial score (nSPS) is 21.3. The van der Waals surface area contributed by atoms with E-state index in [0.29, 0.717) is 12.3 Å². The molecule has 1 aliphatic heterocycles. The van der Waals surface area contributed by atoms with Crippen molar-refractivity contribution in [2.45, 2.75) is 31.9 Å². The number of amides is 1. The molecular weight excluding hydrogens is 233 g/mol. The molecule has 0 aliphatic carbocycles. The molecule has 0 bridgehead atoms. The number of carbonyl (C=O) groups excluding carboxylic acids is 1. The van der Waals surface area contributed by atoms with Crippen molar-refractivity contribution in [1.82, 2.24) is 10.2 Å². The first-order valence-electron chi connectivity index (χ1n) is 5.90. The Bertz CT molecular complexity index is 250. The van der Waals surface area contributed by atoms with E-state index in [1.165, 1.54) is 7.05 Å². The van der Waals surface area contributed by atoms with Gasteiger partial charge in [0.1, 0.15) is 6.54 Å². The molecule has 0 aromatic rings. The van der Waals surface area contributed by atoms with Crippen molar-refractivity contribution >= 4 is 5.91 Å². The zero-order chi connectivity index (χ0) is 12.9. The summed E-state index contributed by atoms with van der Waals surface area (Å²) >= 11 is 0. The largest absolute Gasteiger partial charge is 0.406 e. The number of halogens is 3. The molecule has 1 fully saturated rings. The highest BCUT2D eigenvalue weighted by molar-refractivity contribution is 5.75. The Morgan fingerprint density at radius 3 is 2.71 bits per heavy atom. The highest BCUT2D eigenvalue weighted by atomic mass is 19.4. The van der Waals surface area contributed by atoms with Crippen molar-refractivity contribution in [1.29, 1.82) is 0 Å². The lowest BCUT2D eigenvalue weighted by Gasteiger charge is -2.24. The number of nitrogens with zero attached hydrogens (tertiary/aromatic N) is 1. The van der Waals surface area contributed by atoms with Gasteiger partial charge in [0.2, 0.25) is 5.91 Å². The van der Waals surface area contributed by atoms with Crippen LogP contribution >= 0.6 is 0 Å². The second-order valence-electron chi connectivity index (χ2n) is 4.62. The predicted octanol–water partition coefficient (Wildman–Crippen LogP) is 1.79. The summed E-state index contributed by atoms with van der Waals surface area (Å²) in [6.07, 6.45) is -1.29. The van der Waals surface area contributed by atoms with Crippen molar-refractivity contribution in [3.05, 3.63) is 0 Å². The number of alkyl halides is 3. The van der Waals surface area contributed by atoms with Crippen molar-refractivity contribution < 1.29 is 18.0 Å². The third-order valence-electron chi connectivity index (χ3n) is 3.01. The summed E-state index contributed by atoms with van der Waals surface area (Å²) in [6, 6.07) is 0. The van der Waals surface area contributed by atoms with E-state index in [1.807, 2.05) is 0 Å². The zero-order valence-electron chi connectivity index (χ0n) is 10.0. The molecule has 1 unspecified atom stereocenters. The second-order valence-corrected chi connectivity index (χ2v) is 4.62. The van der Waals surface area contributed by atoms with Crippen LogP contribution in [0, 0.1) is 5.92 Å². The summed E-state index contributed by atoms with van der Waals surface area (Å²) in [6.45, 7) is 0.712. The number of hydrogen-bond donors (Lipinski definition) is 1. The van der Waals surface area contributed by atoms with Gasteiger partial charge in [-0.15, -0.1) is 0 Å². The van der Waals surface area contributed by atoms with Gasteiger partial charge in [0, 0.05) is 13.5 Å². The van der Waals surface area contributed by atoms with Crippen molar-refractivity contribution in [2.75, 3.05) is 26.7 Å². The summed E-state index contributed by atoms with van der Waals surface area (Å²) in [5.74, 6) is -0.000106. The number of rotatable bonds is 4. The average Bonchev–Trinajstić information content (AvgIpc) is 2.25. The van der Waals surface area contributed by atoms with Crippen LogP contribution in [0.5, 0.6) is 0 Å². The molecule has 1 amide bonds. The first kappa shape index (κ1) is 14.3. The topological polar surface area (TPSA) is 32.3 Å². The van der Waals surface area contributed by atoms with Crippen LogP contribution in [0.4, 0.5) is 13.2 Å². The minimum Gasteiger partial charge on any atom is -0.337 e. The first-order valence-corrected chi connectivity index (χ1v) is 5.90. The summed E-state index contributed by atoms with van der Waals surface area (Å²) in [5, 5.41) is 3.22. The molecule has 0 spiro atoms. The van der Waals surface area contributed by atoms with Crippen LogP contribution in [0.3, 0.4) is 0 Å². The van der Waals surface area contributed by atoms with E-state index in [1.54, 1.807) is 0 Å². The molecule has 1 atom stereocenters. The number of nitrogens with one attached hydrogen (secondary N) is 1. The molecule has 100 valence electrons. The Hall–Kier alpha value is -0.780. The van der Waals surface area contributed by atoms with Gasteiger partial charge in [-0.1, -0.05) is 0 Å². The lowest BCUT2D eigenvalue weighted by atomic mass is 9.94. The zero-order valence-corrected chi connectivity index (χ0v) is 10.0. The summed E-state index contributed by atoms with van der Waals surface area (Å²) in [7, 11) is 1.20. The van der Waals surface area contributed by atoms with Gasteiger partial charge in [-0.05, 0) is 38.3 Å². The molecular formula is C11H19F3N2O. The van der Waals surface area contributed by atoms with E-state index in [0.717, 1.165) is 30.8 Å². The average molecular weight is 252 g/mol. The summed E-state index contributed by atoms with van der Waals surface area (Å²) < 4.78 is 36.2. The quantitative estimate of drug-likeness (QED) is 0.827. The fraction of sp³-hybridized carbons (Fsp3) is 0.909. The van der Waals surface area contributed by atoms with E-state index in [-0.39, 0.29) is 6.42 Å². The third kappa shape index (κ3) is 5.91. The fourth-order valence-corrected chi connectivity index (χ4v) is 2.05. The number of piperidine rings is 1. The van der Waals surface area contributed by atoms with Gasteiger partial charge in [-0.2, -0.15) is 13.2 Å². The molecule has 6 heteroatoms. The minimum absolute atomic E-state index is 0.207. The van der Waals surface area contributed by atoms with Gasteiger partial charge in [0.05, 0.1) is 0 Å². The van der Waals surface area contributed by atoms with Gasteiger partial charge in [0.25, 0.3) is 0 Å². The summed E-state index contributed by atoms with van der Waals surface area (Å²) in [4.78, 5) is 12.2. The van der Waals surface area contributed by atoms with Crippen LogP contribution in [0.2, 0.25) is 0 Å². The predicted molar refractivity (Wildman–Crippen MR) is 58.5 cm³/mol. The molecule has 0 saturated carbocycles. The monoisotopic (exact) mass is 252 g/mol. The maximum absolute atomic E-state index is 12.1. The Labute approximate surface area is 99.4 Å². The van der Waals surface area contributed by atoms with Crippen LogP contribution in [0.25, 0.3) is 0 Å². The van der Waals surface area contributed by atoms with Gasteiger partial charge >= 0.3 is 6.18 Å². The Morgan fingerprint density at radius 2 is 2.18 bits per heavy atom. The molecule has 0 aromatic heterocycles. The Balaban J connectivity index is 2.23. The number of hydrogen-bond acceptors (Lipinski definition) is 2. The first-order chi connectivity index (χ1) is 7.88. The fourth-order valence-electron chi connectivity index (χ4n) is 2.05. The van der Waals surface area contributed by atoms with Crippen LogP contribution in [0.1, 0.15) is 25.7 Å². The molecule has 1 rings (SSSR count). The van der Waals surface area contributed by atoms with Gasteiger partial charge in [0.15, 0.2) is 0 Å². The molecule has 17 heavy (non-hydrogen) atoms. The van der Waals surface area contributed by atoms with Crippen LogP contribution in [-0.2, 0) is 4.79 Å². The lowest BCUT2D eigenvalue weighted by Crippen LogP contribution is -2.36. The Kier molecular flexibility index (Phi) is 5.24. The van der Waals surface area contributed by atoms with Crippen molar-refractivity contribution in [3.8, 4) is 0 Å². The molecule has 1 N–H and O–H groups in total. The maximum Gasteiger partial charge on any atom is 0.406 e. The Morgan fingerprint density at radius 1 is 1.47 bits per heavy atom. The molecule has 0 aromatic carbocycles. The van der Waals surface area contributed by atoms with Gasteiger partial charge < -0.3 is 10.2 Å². The van der Waals surface area contributed by atoms with E-state index >= 15 is 0 Å². The lowest BCUT2D eigenvalue weighted by molar-refractivity contribution is -0.158. The van der Waals surface area contributed by atoms with E-state index in [2.05, 4.69) is 5.32 Å². The van der Waals surface area contributed by atoms with E-state index in [9.17, 15) is 18.0 Å². The van der Waals surface area contributed by atoms with Crippen molar-refractivity contribution in [3.63, 3.8) is 0 Å². The highest BCUT2D eigenvalue weighted by Crippen LogP contribution is 2.19. The van der Waals surface area contributed by atoms with Gasteiger partial charge in [-0.3, -0.25) is 4.79 Å². The maximum atomic E-state index is 12.1. The smallest absolute Gasteiger partial charge is 0.337 e. The molecule has 3 nitrogen and oxygen atoms in total.